The number of carbonyl (C=O) groups is 1. The molecule has 1 aromatic rings. The number of benzene rings is 1. The van der Waals surface area contributed by atoms with Gasteiger partial charge in [0.25, 0.3) is 0 Å². The number of hydrogen-bond donors (Lipinski definition) is 0. The maximum atomic E-state index is 13.3. The van der Waals surface area contributed by atoms with E-state index < -0.39 is 0 Å². The van der Waals surface area contributed by atoms with Crippen LogP contribution in [-0.4, -0.2) is 30.5 Å². The Balaban J connectivity index is 0.00000625. The van der Waals surface area contributed by atoms with E-state index in [0.29, 0.717) is 20.0 Å². The first-order valence-electron chi connectivity index (χ1n) is 9.53. The molecular weight excluding hydrogens is 330 g/mol. The summed E-state index contributed by atoms with van der Waals surface area (Å²) in [7, 11) is 0.359. The minimum Gasteiger partial charge on any atom is -0.289 e. The number of rotatable bonds is 4. The van der Waals surface area contributed by atoms with Crippen LogP contribution in [-0.2, 0) is 16.2 Å². The molecule has 0 spiro atoms. The zero-order chi connectivity index (χ0) is 19.8. The van der Waals surface area contributed by atoms with E-state index in [0.717, 1.165) is 11.7 Å². The monoisotopic (exact) mass is 369 g/mol. The van der Waals surface area contributed by atoms with E-state index in [1.54, 1.807) is 0 Å². The van der Waals surface area contributed by atoms with Crippen molar-refractivity contribution in [2.45, 2.75) is 92.4 Å². The molecule has 0 fully saturated rings. The van der Waals surface area contributed by atoms with E-state index >= 15 is 0 Å². The molecule has 0 N–H and O–H groups in total. The van der Waals surface area contributed by atoms with Gasteiger partial charge in [-0.25, -0.2) is 0 Å². The van der Waals surface area contributed by atoms with Crippen molar-refractivity contribution in [2.24, 2.45) is 5.92 Å². The fourth-order valence-electron chi connectivity index (χ4n) is 2.89. The molecule has 0 saturated carbocycles. The molecule has 0 saturated heterocycles. The van der Waals surface area contributed by atoms with E-state index in [4.69, 9.17) is 0 Å². The molecule has 0 heterocycles. The Morgan fingerprint density at radius 1 is 0.846 bits per heavy atom. The predicted molar refractivity (Wildman–Crippen MR) is 121 cm³/mol. The standard InChI is InChI=1S/C23H39OP.Li/c1-15(2)14-25-20(24)19-17(22(6,7)8)12-16(21(3,4)5)13-18(19)23(9,10)11;/h12-13,15,25H,14H2,1-11H3;. The van der Waals surface area contributed by atoms with E-state index in [2.05, 4.69) is 88.3 Å². The smallest absolute Gasteiger partial charge is 0.181 e. The van der Waals surface area contributed by atoms with Gasteiger partial charge in [-0.2, -0.15) is 0 Å². The molecule has 143 valence electrons. The zero-order valence-corrected chi connectivity index (χ0v) is 20.3. The van der Waals surface area contributed by atoms with Gasteiger partial charge in [-0.15, -0.1) is 0 Å². The predicted octanol–water partition coefficient (Wildman–Crippen LogP) is 6.67. The van der Waals surface area contributed by atoms with Crippen molar-refractivity contribution >= 4 is 33.0 Å². The Morgan fingerprint density at radius 2 is 1.23 bits per heavy atom. The van der Waals surface area contributed by atoms with Crippen LogP contribution >= 0.6 is 8.58 Å². The minimum absolute atomic E-state index is 0. The summed E-state index contributed by atoms with van der Waals surface area (Å²) in [6, 6.07) is 4.59. The van der Waals surface area contributed by atoms with Gasteiger partial charge in [0.2, 0.25) is 0 Å². The summed E-state index contributed by atoms with van der Waals surface area (Å²) < 4.78 is 0. The van der Waals surface area contributed by atoms with Gasteiger partial charge in [-0.3, -0.25) is 4.79 Å². The number of hydrogen-bond acceptors (Lipinski definition) is 1. The van der Waals surface area contributed by atoms with Crippen LogP contribution < -0.4 is 0 Å². The quantitative estimate of drug-likeness (QED) is 0.428. The average molecular weight is 369 g/mol. The molecule has 1 rings (SSSR count). The van der Waals surface area contributed by atoms with Gasteiger partial charge in [0.15, 0.2) is 5.52 Å². The molecule has 0 bridgehead atoms. The molecule has 0 aliphatic carbocycles. The third kappa shape index (κ3) is 6.82. The maximum Gasteiger partial charge on any atom is 0.181 e. The van der Waals surface area contributed by atoms with Crippen molar-refractivity contribution in [1.82, 2.24) is 0 Å². The second-order valence-electron chi connectivity index (χ2n) is 10.8. The number of carbonyl (C=O) groups excluding carboxylic acids is 1. The van der Waals surface area contributed by atoms with Crippen LogP contribution in [0.5, 0.6) is 0 Å². The van der Waals surface area contributed by atoms with E-state index in [-0.39, 0.29) is 35.1 Å². The Kier molecular flexibility index (Phi) is 8.92. The van der Waals surface area contributed by atoms with Crippen molar-refractivity contribution in [3.8, 4) is 0 Å². The molecule has 1 atom stereocenters. The first-order chi connectivity index (χ1) is 11.0. The van der Waals surface area contributed by atoms with Crippen LogP contribution in [0.4, 0.5) is 0 Å². The van der Waals surface area contributed by atoms with Crippen LogP contribution in [0.25, 0.3) is 0 Å². The van der Waals surface area contributed by atoms with Gasteiger partial charge < -0.3 is 0 Å². The molecule has 26 heavy (non-hydrogen) atoms. The van der Waals surface area contributed by atoms with Gasteiger partial charge >= 0.3 is 0 Å². The van der Waals surface area contributed by atoms with Crippen molar-refractivity contribution in [3.05, 3.63) is 34.4 Å². The normalized spacial score (nSPS) is 13.4. The van der Waals surface area contributed by atoms with E-state index in [9.17, 15) is 4.79 Å². The van der Waals surface area contributed by atoms with Crippen LogP contribution in [0, 0.1) is 5.92 Å². The first kappa shape index (κ1) is 25.9. The topological polar surface area (TPSA) is 17.1 Å². The van der Waals surface area contributed by atoms with E-state index in [1.165, 1.54) is 16.7 Å². The van der Waals surface area contributed by atoms with Gasteiger partial charge in [0.1, 0.15) is 0 Å². The summed E-state index contributed by atoms with van der Waals surface area (Å²) in [4.78, 5) is 13.3. The van der Waals surface area contributed by atoms with E-state index in [1.807, 2.05) is 0 Å². The summed E-state index contributed by atoms with van der Waals surface area (Å²) in [5.74, 6) is 0.562. The van der Waals surface area contributed by atoms with Gasteiger partial charge in [0, 0.05) is 24.4 Å². The zero-order valence-electron chi connectivity index (χ0n) is 19.3. The summed E-state index contributed by atoms with van der Waals surface area (Å²) in [5, 5.41) is 0. The Morgan fingerprint density at radius 3 is 1.50 bits per heavy atom. The summed E-state index contributed by atoms with van der Waals surface area (Å²) in [5.41, 5.74) is 5.06. The third-order valence-corrected chi connectivity index (χ3v) is 6.11. The molecule has 0 aliphatic heterocycles. The van der Waals surface area contributed by atoms with Gasteiger partial charge in [-0.05, 0) is 53.6 Å². The Hall–Kier alpha value is -0.0826. The summed E-state index contributed by atoms with van der Waals surface area (Å²) >= 11 is 0. The second-order valence-corrected chi connectivity index (χ2v) is 12.0. The second kappa shape index (κ2) is 8.95. The fraction of sp³-hybridized carbons (Fsp3) is 0.696. The molecular formula is C23H39LiOP. The van der Waals surface area contributed by atoms with Crippen molar-refractivity contribution in [1.29, 1.82) is 0 Å². The van der Waals surface area contributed by atoms with Crippen molar-refractivity contribution < 1.29 is 4.79 Å². The molecule has 1 unspecified atom stereocenters. The molecule has 1 nitrogen and oxygen atoms in total. The molecule has 0 amide bonds. The largest absolute Gasteiger partial charge is 0.289 e. The van der Waals surface area contributed by atoms with Crippen molar-refractivity contribution in [3.63, 3.8) is 0 Å². The SMILES string of the molecule is CC(C)CPC(=O)c1c(C(C)(C)C)cc(C(C)(C)C)cc1C(C)(C)C.[Li]. The molecule has 3 heteroatoms. The minimum atomic E-state index is -0.0471. The van der Waals surface area contributed by atoms with Crippen LogP contribution in [0.2, 0.25) is 0 Å². The van der Waals surface area contributed by atoms with Gasteiger partial charge in [-0.1, -0.05) is 88.3 Å². The molecule has 1 aromatic carbocycles. The summed E-state index contributed by atoms with van der Waals surface area (Å²) in [6.07, 6.45) is 0.979. The average Bonchev–Trinajstić information content (AvgIpc) is 2.40. The fourth-order valence-corrected chi connectivity index (χ4v) is 3.93. The van der Waals surface area contributed by atoms with Crippen LogP contribution in [0.3, 0.4) is 0 Å². The first-order valence-corrected chi connectivity index (χ1v) is 10.7. The van der Waals surface area contributed by atoms with Crippen LogP contribution in [0.15, 0.2) is 12.1 Å². The van der Waals surface area contributed by atoms with Crippen molar-refractivity contribution in [2.75, 3.05) is 6.16 Å². The molecule has 1 radical (unpaired) electrons. The van der Waals surface area contributed by atoms with Crippen LogP contribution in [0.1, 0.15) is 103 Å². The Bertz CT molecular complexity index is 590. The summed E-state index contributed by atoms with van der Waals surface area (Å²) in [6.45, 7) is 24.5. The van der Waals surface area contributed by atoms with Gasteiger partial charge in [0.05, 0.1) is 0 Å². The molecule has 0 aromatic heterocycles. The molecule has 0 aliphatic rings. The third-order valence-electron chi connectivity index (χ3n) is 4.52. The maximum absolute atomic E-state index is 13.3. The Labute approximate surface area is 176 Å².